The Balaban J connectivity index is 2.87. The summed E-state index contributed by atoms with van der Waals surface area (Å²) in [6, 6.07) is 0. The Morgan fingerprint density at radius 2 is 2.30 bits per heavy atom. The Bertz CT molecular complexity index is 193. The van der Waals surface area contributed by atoms with Crippen molar-refractivity contribution in [2.24, 2.45) is 5.41 Å². The molecule has 0 aliphatic heterocycles. The van der Waals surface area contributed by atoms with Crippen molar-refractivity contribution in [2.45, 2.75) is 13.0 Å². The minimum atomic E-state index is -0.714. The average Bonchev–Trinajstić information content (AvgIpc) is 1.96. The second kappa shape index (κ2) is 2.39. The van der Waals surface area contributed by atoms with Crippen LogP contribution < -0.4 is 0 Å². The Kier molecular flexibility index (Phi) is 1.72. The van der Waals surface area contributed by atoms with Crippen LogP contribution in [0.5, 0.6) is 0 Å². The summed E-state index contributed by atoms with van der Waals surface area (Å²) in [5.74, 6) is 0. The quantitative estimate of drug-likeness (QED) is 0.541. The molecule has 0 aromatic rings. The molecule has 0 radical (unpaired) electrons. The van der Waals surface area contributed by atoms with Crippen LogP contribution in [0.2, 0.25) is 0 Å². The van der Waals surface area contributed by atoms with Crippen LogP contribution in [0, 0.1) is 5.41 Å². The van der Waals surface area contributed by atoms with Gasteiger partial charge in [-0.2, -0.15) is 0 Å². The van der Waals surface area contributed by atoms with Gasteiger partial charge in [0.2, 0.25) is 0 Å². The van der Waals surface area contributed by atoms with Gasteiger partial charge in [0.05, 0.1) is 11.5 Å². The van der Waals surface area contributed by atoms with Gasteiger partial charge in [0, 0.05) is 0 Å². The van der Waals surface area contributed by atoms with Gasteiger partial charge < -0.3 is 9.90 Å². The highest BCUT2D eigenvalue weighted by molar-refractivity contribution is 5.64. The van der Waals surface area contributed by atoms with Crippen LogP contribution in [0.25, 0.3) is 0 Å². The zero-order valence-corrected chi connectivity index (χ0v) is 5.82. The number of hydrogen-bond acceptors (Lipinski definition) is 2. The van der Waals surface area contributed by atoms with E-state index in [2.05, 4.69) is 0 Å². The first kappa shape index (κ1) is 7.22. The average molecular weight is 138 g/mol. The highest BCUT2D eigenvalue weighted by Crippen LogP contribution is 2.24. The van der Waals surface area contributed by atoms with Crippen molar-refractivity contribution in [1.82, 2.24) is 0 Å². The van der Waals surface area contributed by atoms with Crippen molar-refractivity contribution in [2.75, 3.05) is 0 Å². The minimum Gasteiger partial charge on any atom is -0.388 e. The molecule has 1 rings (SSSR count). The maximum absolute atomic E-state index is 10.4. The van der Waals surface area contributed by atoms with Crippen LogP contribution in [0.3, 0.4) is 0 Å². The van der Waals surface area contributed by atoms with E-state index >= 15 is 0 Å². The molecule has 0 aromatic carbocycles. The van der Waals surface area contributed by atoms with Gasteiger partial charge >= 0.3 is 0 Å². The normalized spacial score (nSPS) is 38.0. The number of aliphatic hydroxyl groups excluding tert-OH is 1. The maximum atomic E-state index is 10.4. The molecule has 0 amide bonds. The molecular weight excluding hydrogens is 128 g/mol. The van der Waals surface area contributed by atoms with Crippen molar-refractivity contribution < 1.29 is 9.90 Å². The van der Waals surface area contributed by atoms with Gasteiger partial charge in [-0.05, 0) is 6.92 Å². The van der Waals surface area contributed by atoms with Crippen LogP contribution in [0.1, 0.15) is 6.92 Å². The van der Waals surface area contributed by atoms with E-state index < -0.39 is 11.5 Å². The fraction of sp³-hybridized carbons (Fsp3) is 0.375. The second-order valence-electron chi connectivity index (χ2n) is 2.67. The van der Waals surface area contributed by atoms with E-state index in [0.717, 1.165) is 6.29 Å². The summed E-state index contributed by atoms with van der Waals surface area (Å²) in [7, 11) is 0. The third-order valence-corrected chi connectivity index (χ3v) is 1.75. The Morgan fingerprint density at radius 3 is 2.70 bits per heavy atom. The topological polar surface area (TPSA) is 37.3 Å². The van der Waals surface area contributed by atoms with E-state index in [0.29, 0.717) is 0 Å². The van der Waals surface area contributed by atoms with Gasteiger partial charge in [-0.1, -0.05) is 24.3 Å². The molecule has 0 saturated heterocycles. The van der Waals surface area contributed by atoms with Gasteiger partial charge in [-0.3, -0.25) is 0 Å². The smallest absolute Gasteiger partial charge is 0.132 e. The molecule has 0 bridgehead atoms. The molecular formula is C8H10O2. The van der Waals surface area contributed by atoms with Gasteiger partial charge in [0.1, 0.15) is 6.29 Å². The summed E-state index contributed by atoms with van der Waals surface area (Å²) in [5.41, 5.74) is -0.714. The number of allylic oxidation sites excluding steroid dienone is 2. The summed E-state index contributed by atoms with van der Waals surface area (Å²) >= 11 is 0. The Morgan fingerprint density at radius 1 is 1.60 bits per heavy atom. The van der Waals surface area contributed by atoms with Crippen molar-refractivity contribution in [3.63, 3.8) is 0 Å². The fourth-order valence-corrected chi connectivity index (χ4v) is 0.847. The predicted octanol–water partition coefficient (Wildman–Crippen LogP) is 0.678. The minimum absolute atomic E-state index is 0.671. The summed E-state index contributed by atoms with van der Waals surface area (Å²) in [5, 5.41) is 9.26. The molecule has 0 aromatic heterocycles. The van der Waals surface area contributed by atoms with E-state index in [1.807, 2.05) is 0 Å². The van der Waals surface area contributed by atoms with Crippen LogP contribution in [-0.2, 0) is 4.79 Å². The first-order valence-electron chi connectivity index (χ1n) is 3.19. The van der Waals surface area contributed by atoms with Crippen LogP contribution in [0.15, 0.2) is 24.3 Å². The molecule has 0 spiro atoms. The van der Waals surface area contributed by atoms with Crippen molar-refractivity contribution >= 4 is 6.29 Å². The van der Waals surface area contributed by atoms with E-state index in [9.17, 15) is 9.90 Å². The second-order valence-corrected chi connectivity index (χ2v) is 2.67. The highest BCUT2D eigenvalue weighted by atomic mass is 16.3. The predicted molar refractivity (Wildman–Crippen MR) is 38.5 cm³/mol. The van der Waals surface area contributed by atoms with E-state index in [1.54, 1.807) is 31.2 Å². The lowest BCUT2D eigenvalue weighted by Crippen LogP contribution is -2.31. The monoisotopic (exact) mass is 138 g/mol. The zero-order valence-electron chi connectivity index (χ0n) is 5.82. The number of rotatable bonds is 1. The van der Waals surface area contributed by atoms with E-state index in [1.165, 1.54) is 0 Å². The molecule has 0 heterocycles. The molecule has 10 heavy (non-hydrogen) atoms. The number of aldehydes is 1. The molecule has 2 heteroatoms. The van der Waals surface area contributed by atoms with Crippen molar-refractivity contribution in [3.05, 3.63) is 24.3 Å². The van der Waals surface area contributed by atoms with Crippen LogP contribution in [0.4, 0.5) is 0 Å². The molecule has 1 N–H and O–H groups in total. The summed E-state index contributed by atoms with van der Waals surface area (Å²) in [6.45, 7) is 1.70. The van der Waals surface area contributed by atoms with Gasteiger partial charge in [-0.15, -0.1) is 0 Å². The third-order valence-electron chi connectivity index (χ3n) is 1.75. The molecule has 1 aliphatic rings. The van der Waals surface area contributed by atoms with Crippen LogP contribution in [-0.4, -0.2) is 17.5 Å². The van der Waals surface area contributed by atoms with E-state index in [-0.39, 0.29) is 0 Å². The number of carbonyl (C=O) groups is 1. The molecule has 0 fully saturated rings. The number of hydrogen-bond donors (Lipinski definition) is 1. The molecule has 0 saturated carbocycles. The first-order chi connectivity index (χ1) is 4.69. The lowest BCUT2D eigenvalue weighted by Gasteiger charge is -2.24. The summed E-state index contributed by atoms with van der Waals surface area (Å²) in [6.07, 6.45) is 6.89. The SMILES string of the molecule is CC1(C=O)C=CC=CC1O. The molecule has 2 unspecified atom stereocenters. The highest BCUT2D eigenvalue weighted by Gasteiger charge is 2.28. The van der Waals surface area contributed by atoms with Crippen LogP contribution >= 0.6 is 0 Å². The largest absolute Gasteiger partial charge is 0.388 e. The zero-order chi connectivity index (χ0) is 7.61. The summed E-state index contributed by atoms with van der Waals surface area (Å²) < 4.78 is 0. The number of aliphatic hydroxyl groups is 1. The molecule has 54 valence electrons. The van der Waals surface area contributed by atoms with E-state index in [4.69, 9.17) is 0 Å². The van der Waals surface area contributed by atoms with Gasteiger partial charge in [-0.25, -0.2) is 0 Å². The summed E-state index contributed by atoms with van der Waals surface area (Å²) in [4.78, 5) is 10.4. The molecule has 2 atom stereocenters. The van der Waals surface area contributed by atoms with Gasteiger partial charge in [0.25, 0.3) is 0 Å². The van der Waals surface area contributed by atoms with Crippen molar-refractivity contribution in [3.8, 4) is 0 Å². The maximum Gasteiger partial charge on any atom is 0.132 e. The third kappa shape index (κ3) is 1.02. The Hall–Kier alpha value is -0.890. The fourth-order valence-electron chi connectivity index (χ4n) is 0.847. The lowest BCUT2D eigenvalue weighted by atomic mass is 9.83. The molecule has 2 nitrogen and oxygen atoms in total. The Labute approximate surface area is 59.9 Å². The first-order valence-corrected chi connectivity index (χ1v) is 3.19. The van der Waals surface area contributed by atoms with Gasteiger partial charge in [0.15, 0.2) is 0 Å². The molecule has 1 aliphatic carbocycles. The van der Waals surface area contributed by atoms with Crippen molar-refractivity contribution in [1.29, 1.82) is 0 Å². The number of carbonyl (C=O) groups excluding carboxylic acids is 1. The standard InChI is InChI=1S/C8H10O2/c1-8(6-9)5-3-2-4-7(8)10/h2-7,10H,1H3. The lowest BCUT2D eigenvalue weighted by molar-refractivity contribution is -0.116.